The van der Waals surface area contributed by atoms with E-state index in [9.17, 15) is 9.59 Å². The molecule has 2 N–H and O–H groups in total. The molecule has 0 unspecified atom stereocenters. The van der Waals surface area contributed by atoms with Gasteiger partial charge >= 0.3 is 5.91 Å². The third-order valence-corrected chi connectivity index (χ3v) is 5.69. The van der Waals surface area contributed by atoms with Gasteiger partial charge in [-0.25, -0.2) is 5.43 Å². The highest BCUT2D eigenvalue weighted by Gasteiger charge is 2.13. The van der Waals surface area contributed by atoms with E-state index in [4.69, 9.17) is 36.8 Å². The average molecular weight is 526 g/mol. The predicted octanol–water partition coefficient (Wildman–Crippen LogP) is 6.47. The monoisotopic (exact) mass is 525 g/mol. The quantitative estimate of drug-likeness (QED) is 0.202. The van der Waals surface area contributed by atoms with E-state index in [-0.39, 0.29) is 18.3 Å². The molecular formula is C26H21Cl2N3O5. The summed E-state index contributed by atoms with van der Waals surface area (Å²) in [6.45, 7) is 3.54. The highest BCUT2D eigenvalue weighted by Crippen LogP contribution is 2.28. The molecule has 0 saturated heterocycles. The summed E-state index contributed by atoms with van der Waals surface area (Å²) in [5.41, 5.74) is 4.89. The fraction of sp³-hybridized carbons (Fsp3) is 0.115. The Morgan fingerprint density at radius 1 is 1.00 bits per heavy atom. The molecule has 2 amide bonds. The number of hydrogen-bond acceptors (Lipinski definition) is 6. The van der Waals surface area contributed by atoms with Crippen molar-refractivity contribution >= 4 is 46.4 Å². The number of hydrazone groups is 1. The summed E-state index contributed by atoms with van der Waals surface area (Å²) >= 11 is 12.0. The van der Waals surface area contributed by atoms with E-state index in [2.05, 4.69) is 15.8 Å². The molecule has 4 rings (SSSR count). The molecule has 2 aromatic carbocycles. The molecule has 8 nitrogen and oxygen atoms in total. The van der Waals surface area contributed by atoms with Crippen LogP contribution in [0.1, 0.15) is 44.9 Å². The van der Waals surface area contributed by atoms with Crippen LogP contribution in [0, 0.1) is 6.92 Å². The van der Waals surface area contributed by atoms with Crippen molar-refractivity contribution in [3.05, 3.63) is 105 Å². The van der Waals surface area contributed by atoms with Gasteiger partial charge in [-0.2, -0.15) is 5.10 Å². The molecule has 10 heteroatoms. The number of anilines is 1. The maximum absolute atomic E-state index is 12.4. The topological polar surface area (TPSA) is 106 Å². The Balaban J connectivity index is 1.32. The highest BCUT2D eigenvalue weighted by atomic mass is 35.5. The molecule has 0 radical (unpaired) electrons. The molecule has 0 atom stereocenters. The van der Waals surface area contributed by atoms with E-state index in [0.717, 1.165) is 5.56 Å². The number of halogens is 2. The minimum Gasteiger partial charge on any atom is -0.484 e. The van der Waals surface area contributed by atoms with Crippen molar-refractivity contribution < 1.29 is 23.2 Å². The Kier molecular flexibility index (Phi) is 7.77. The van der Waals surface area contributed by atoms with Gasteiger partial charge in [-0.05, 0) is 61.9 Å². The number of amides is 2. The third-order valence-electron chi connectivity index (χ3n) is 5.14. The number of nitrogens with zero attached hydrogens (tertiary/aromatic N) is 1. The van der Waals surface area contributed by atoms with Crippen molar-refractivity contribution in [3.63, 3.8) is 0 Å². The molecule has 0 aliphatic rings. The number of carbonyl (C=O) groups is 2. The molecule has 0 fully saturated rings. The first kappa shape index (κ1) is 25.1. The van der Waals surface area contributed by atoms with Gasteiger partial charge in [0, 0.05) is 16.8 Å². The lowest BCUT2D eigenvalue weighted by atomic mass is 10.1. The average Bonchev–Trinajstić information content (AvgIpc) is 3.52. The van der Waals surface area contributed by atoms with E-state index in [1.54, 1.807) is 68.4 Å². The number of hydrogen-bond donors (Lipinski definition) is 2. The third kappa shape index (κ3) is 6.16. The van der Waals surface area contributed by atoms with Crippen LogP contribution in [0.5, 0.6) is 5.75 Å². The fourth-order valence-electron chi connectivity index (χ4n) is 3.18. The van der Waals surface area contributed by atoms with Crippen molar-refractivity contribution in [2.75, 3.05) is 5.32 Å². The van der Waals surface area contributed by atoms with Crippen molar-refractivity contribution in [2.24, 2.45) is 5.10 Å². The number of carbonyl (C=O) groups excluding carboxylic acids is 2. The number of ether oxygens (including phenoxy) is 1. The summed E-state index contributed by atoms with van der Waals surface area (Å²) < 4.78 is 16.3. The maximum Gasteiger partial charge on any atom is 0.307 e. The normalized spacial score (nSPS) is 11.3. The van der Waals surface area contributed by atoms with Crippen molar-refractivity contribution in [3.8, 4) is 5.75 Å². The van der Waals surface area contributed by atoms with Crippen LogP contribution in [-0.2, 0) is 6.61 Å². The molecule has 2 aromatic heterocycles. The summed E-state index contributed by atoms with van der Waals surface area (Å²) in [5.74, 6) is 0.694. The first-order valence-corrected chi connectivity index (χ1v) is 11.5. The van der Waals surface area contributed by atoms with Gasteiger partial charge in [0.25, 0.3) is 5.91 Å². The Hall–Kier alpha value is -4.01. The lowest BCUT2D eigenvalue weighted by Gasteiger charge is -2.07. The minimum absolute atomic E-state index is 0.0681. The minimum atomic E-state index is -0.513. The molecule has 0 aliphatic carbocycles. The van der Waals surface area contributed by atoms with E-state index in [1.165, 1.54) is 12.3 Å². The standard InChI is InChI=1S/C26H21Cl2N3O5/c1-15(17-3-6-19(7-4-17)29-25(32)21-11-12-34-16(21)2)30-31-26(33)23-10-8-20(36-23)14-35-24-13-18(27)5-9-22(24)28/h3-13H,14H2,1-2H3,(H,29,32)(H,31,33)/b30-15-. The van der Waals surface area contributed by atoms with E-state index in [1.807, 2.05) is 0 Å². The van der Waals surface area contributed by atoms with Gasteiger partial charge in [0.05, 0.1) is 22.6 Å². The fourth-order valence-corrected chi connectivity index (χ4v) is 3.52. The van der Waals surface area contributed by atoms with Gasteiger partial charge in [-0.1, -0.05) is 35.3 Å². The molecule has 0 aliphatic heterocycles. The maximum atomic E-state index is 12.4. The van der Waals surface area contributed by atoms with Gasteiger partial charge in [0.2, 0.25) is 0 Å². The van der Waals surface area contributed by atoms with Crippen LogP contribution in [0.2, 0.25) is 10.0 Å². The second kappa shape index (κ2) is 11.2. The summed E-state index contributed by atoms with van der Waals surface area (Å²) in [7, 11) is 0. The molecule has 2 heterocycles. The van der Waals surface area contributed by atoms with Gasteiger partial charge < -0.3 is 18.9 Å². The number of benzene rings is 2. The van der Waals surface area contributed by atoms with Crippen LogP contribution in [0.3, 0.4) is 0 Å². The molecule has 0 saturated carbocycles. The van der Waals surface area contributed by atoms with Crippen LogP contribution in [-0.4, -0.2) is 17.5 Å². The Morgan fingerprint density at radius 2 is 1.78 bits per heavy atom. The van der Waals surface area contributed by atoms with Crippen LogP contribution in [0.4, 0.5) is 5.69 Å². The molecule has 4 aromatic rings. The number of furan rings is 2. The van der Waals surface area contributed by atoms with Crippen molar-refractivity contribution in [2.45, 2.75) is 20.5 Å². The summed E-state index contributed by atoms with van der Waals surface area (Å²) in [6, 6.07) is 16.7. The van der Waals surface area contributed by atoms with E-state index >= 15 is 0 Å². The largest absolute Gasteiger partial charge is 0.484 e. The highest BCUT2D eigenvalue weighted by molar-refractivity contribution is 6.34. The van der Waals surface area contributed by atoms with E-state index < -0.39 is 5.91 Å². The zero-order chi connectivity index (χ0) is 25.7. The van der Waals surface area contributed by atoms with Gasteiger partial charge in [-0.15, -0.1) is 0 Å². The zero-order valence-corrected chi connectivity index (χ0v) is 20.8. The van der Waals surface area contributed by atoms with Crippen LogP contribution >= 0.6 is 23.2 Å². The molecule has 0 bridgehead atoms. The Morgan fingerprint density at radius 3 is 2.50 bits per heavy atom. The number of aryl methyl sites for hydroxylation is 1. The Labute approximate surface area is 216 Å². The second-order valence-corrected chi connectivity index (χ2v) is 8.53. The predicted molar refractivity (Wildman–Crippen MR) is 137 cm³/mol. The smallest absolute Gasteiger partial charge is 0.307 e. The van der Waals surface area contributed by atoms with E-state index in [0.29, 0.717) is 44.3 Å². The van der Waals surface area contributed by atoms with Crippen molar-refractivity contribution in [1.29, 1.82) is 0 Å². The molecular weight excluding hydrogens is 505 g/mol. The molecule has 184 valence electrons. The zero-order valence-electron chi connectivity index (χ0n) is 19.3. The SMILES string of the molecule is C/C(=N/NC(=O)c1ccc(COc2cc(Cl)ccc2Cl)o1)c1ccc(NC(=O)c2ccoc2C)cc1. The van der Waals surface area contributed by atoms with Crippen LogP contribution in [0.25, 0.3) is 0 Å². The number of nitrogens with one attached hydrogen (secondary N) is 2. The lowest BCUT2D eigenvalue weighted by Crippen LogP contribution is -2.18. The van der Waals surface area contributed by atoms with Gasteiger partial charge in [0.15, 0.2) is 5.76 Å². The summed E-state index contributed by atoms with van der Waals surface area (Å²) in [6.07, 6.45) is 1.47. The first-order valence-electron chi connectivity index (χ1n) is 10.8. The number of rotatable bonds is 8. The second-order valence-electron chi connectivity index (χ2n) is 7.69. The van der Waals surface area contributed by atoms with Crippen LogP contribution < -0.4 is 15.5 Å². The van der Waals surface area contributed by atoms with Gasteiger partial charge in [-0.3, -0.25) is 9.59 Å². The molecule has 36 heavy (non-hydrogen) atoms. The first-order chi connectivity index (χ1) is 17.3. The lowest BCUT2D eigenvalue weighted by molar-refractivity contribution is 0.0922. The Bertz CT molecular complexity index is 1420. The summed E-state index contributed by atoms with van der Waals surface area (Å²) in [4.78, 5) is 24.7. The molecule has 0 spiro atoms. The van der Waals surface area contributed by atoms with Crippen LogP contribution in [0.15, 0.2) is 80.9 Å². The summed E-state index contributed by atoms with van der Waals surface area (Å²) in [5, 5.41) is 7.84. The van der Waals surface area contributed by atoms with Crippen molar-refractivity contribution in [1.82, 2.24) is 5.43 Å². The van der Waals surface area contributed by atoms with Gasteiger partial charge in [0.1, 0.15) is 23.9 Å².